The van der Waals surface area contributed by atoms with Crippen LogP contribution in [0.4, 0.5) is 0 Å². The summed E-state index contributed by atoms with van der Waals surface area (Å²) in [4.78, 5) is -0.660. The zero-order chi connectivity index (χ0) is 9.78. The fourth-order valence-corrected chi connectivity index (χ4v) is 1.47. The standard InChI is InChI=1S/C6H12O5S.Na/c1-2-3-6(5(8)4-7)12(9,10)11;/h3,5,7-8H,2,4H2,1H3,(H,9,10,11);/q;+1/p-1. The fraction of sp³-hybridized carbons (Fsp3) is 0.667. The average molecular weight is 218 g/mol. The Morgan fingerprint density at radius 3 is 2.31 bits per heavy atom. The van der Waals surface area contributed by atoms with Gasteiger partial charge in [0.05, 0.1) is 11.5 Å². The minimum atomic E-state index is -4.64. The van der Waals surface area contributed by atoms with E-state index in [0.717, 1.165) is 6.08 Å². The van der Waals surface area contributed by atoms with Crippen LogP contribution in [0, 0.1) is 0 Å². The summed E-state index contributed by atoms with van der Waals surface area (Å²) < 4.78 is 31.3. The molecule has 1 atom stereocenters. The Kier molecular flexibility index (Phi) is 8.55. The van der Waals surface area contributed by atoms with Gasteiger partial charge < -0.3 is 14.8 Å². The normalized spacial score (nSPS) is 14.9. The summed E-state index contributed by atoms with van der Waals surface area (Å²) in [6.45, 7) is 0.850. The van der Waals surface area contributed by atoms with E-state index in [-0.39, 0.29) is 29.6 Å². The average Bonchev–Trinajstić information content (AvgIpc) is 1.96. The van der Waals surface area contributed by atoms with Crippen LogP contribution in [0.3, 0.4) is 0 Å². The molecule has 0 saturated carbocycles. The van der Waals surface area contributed by atoms with Gasteiger partial charge in [-0.1, -0.05) is 13.0 Å². The third kappa shape index (κ3) is 5.79. The van der Waals surface area contributed by atoms with E-state index in [4.69, 9.17) is 10.2 Å². The van der Waals surface area contributed by atoms with Gasteiger partial charge in [0.15, 0.2) is 0 Å². The van der Waals surface area contributed by atoms with Crippen molar-refractivity contribution in [2.75, 3.05) is 6.61 Å². The van der Waals surface area contributed by atoms with Gasteiger partial charge in [0.25, 0.3) is 0 Å². The molecule has 0 aromatic heterocycles. The first-order chi connectivity index (χ1) is 5.43. The van der Waals surface area contributed by atoms with Crippen molar-refractivity contribution in [3.8, 4) is 0 Å². The third-order valence-corrected chi connectivity index (χ3v) is 2.21. The molecule has 0 radical (unpaired) electrons. The van der Waals surface area contributed by atoms with Gasteiger partial charge in [0.1, 0.15) is 16.2 Å². The predicted molar refractivity (Wildman–Crippen MR) is 41.2 cm³/mol. The van der Waals surface area contributed by atoms with Crippen molar-refractivity contribution in [1.29, 1.82) is 0 Å². The fourth-order valence-electron chi connectivity index (χ4n) is 0.696. The number of rotatable bonds is 4. The molecule has 0 rings (SSSR count). The molecule has 0 heterocycles. The van der Waals surface area contributed by atoms with E-state index in [1.807, 2.05) is 0 Å². The molecule has 0 aromatic carbocycles. The molecule has 0 spiro atoms. The summed E-state index contributed by atoms with van der Waals surface area (Å²) in [5.74, 6) is 0. The van der Waals surface area contributed by atoms with Crippen molar-refractivity contribution in [1.82, 2.24) is 0 Å². The first kappa shape index (κ1) is 16.0. The number of aliphatic hydroxyl groups excluding tert-OH is 2. The van der Waals surface area contributed by atoms with Gasteiger partial charge in [0, 0.05) is 0 Å². The zero-order valence-electron chi connectivity index (χ0n) is 7.60. The van der Waals surface area contributed by atoms with Crippen LogP contribution in [-0.2, 0) is 10.1 Å². The smallest absolute Gasteiger partial charge is 0.744 e. The van der Waals surface area contributed by atoms with Crippen molar-refractivity contribution in [2.24, 2.45) is 0 Å². The van der Waals surface area contributed by atoms with Crippen LogP contribution in [-0.4, -0.2) is 35.9 Å². The Morgan fingerprint density at radius 2 is 2.08 bits per heavy atom. The predicted octanol–water partition coefficient (Wildman–Crippen LogP) is -3.82. The SMILES string of the molecule is CCC=C(C(O)CO)S(=O)(=O)[O-].[Na+]. The molecule has 5 nitrogen and oxygen atoms in total. The number of allylic oxidation sites excluding steroid dienone is 1. The Bertz CT molecular complexity index is 258. The molecule has 13 heavy (non-hydrogen) atoms. The molecule has 0 aliphatic heterocycles. The van der Waals surface area contributed by atoms with E-state index in [1.54, 1.807) is 6.92 Å². The molecule has 0 aromatic rings. The Labute approximate surface area is 99.5 Å². The summed E-state index contributed by atoms with van der Waals surface area (Å²) in [5.41, 5.74) is 0. The van der Waals surface area contributed by atoms with Crippen LogP contribution >= 0.6 is 0 Å². The van der Waals surface area contributed by atoms with Crippen molar-refractivity contribution in [2.45, 2.75) is 19.4 Å². The monoisotopic (exact) mass is 218 g/mol. The second kappa shape index (κ2) is 6.94. The quantitative estimate of drug-likeness (QED) is 0.372. The van der Waals surface area contributed by atoms with Crippen molar-refractivity contribution in [3.05, 3.63) is 11.0 Å². The van der Waals surface area contributed by atoms with Gasteiger partial charge in [-0.25, -0.2) is 8.42 Å². The van der Waals surface area contributed by atoms with Crippen LogP contribution in [0.15, 0.2) is 11.0 Å². The van der Waals surface area contributed by atoms with E-state index in [0.29, 0.717) is 6.42 Å². The van der Waals surface area contributed by atoms with Crippen LogP contribution < -0.4 is 29.6 Å². The maximum atomic E-state index is 10.4. The van der Waals surface area contributed by atoms with E-state index in [2.05, 4.69) is 0 Å². The second-order valence-corrected chi connectivity index (χ2v) is 3.55. The summed E-state index contributed by atoms with van der Waals surface area (Å²) in [6.07, 6.45) is -0.204. The molecule has 7 heteroatoms. The van der Waals surface area contributed by atoms with E-state index in [1.165, 1.54) is 0 Å². The Balaban J connectivity index is 0. The number of hydrogen-bond donors (Lipinski definition) is 2. The van der Waals surface area contributed by atoms with Crippen molar-refractivity contribution < 1.29 is 52.7 Å². The summed E-state index contributed by atoms with van der Waals surface area (Å²) in [5, 5.41) is 17.3. The molecule has 0 aliphatic rings. The summed E-state index contributed by atoms with van der Waals surface area (Å²) in [7, 11) is -4.64. The van der Waals surface area contributed by atoms with E-state index >= 15 is 0 Å². The topological polar surface area (TPSA) is 97.7 Å². The van der Waals surface area contributed by atoms with Gasteiger partial charge in [-0.05, 0) is 6.42 Å². The van der Waals surface area contributed by atoms with Gasteiger partial charge >= 0.3 is 29.6 Å². The molecule has 0 amide bonds. The second-order valence-electron chi connectivity index (χ2n) is 2.17. The van der Waals surface area contributed by atoms with Crippen LogP contribution in [0.25, 0.3) is 0 Å². The summed E-state index contributed by atoms with van der Waals surface area (Å²) in [6, 6.07) is 0. The van der Waals surface area contributed by atoms with Gasteiger partial charge in [-0.3, -0.25) is 0 Å². The third-order valence-electron chi connectivity index (χ3n) is 1.20. The molecule has 72 valence electrons. The Morgan fingerprint density at radius 1 is 1.62 bits per heavy atom. The molecule has 0 aliphatic carbocycles. The van der Waals surface area contributed by atoms with Crippen molar-refractivity contribution in [3.63, 3.8) is 0 Å². The first-order valence-corrected chi connectivity index (χ1v) is 4.79. The minimum absolute atomic E-state index is 0. The molecule has 0 fully saturated rings. The molecule has 0 bridgehead atoms. The molecule has 0 saturated heterocycles. The van der Waals surface area contributed by atoms with E-state index < -0.39 is 27.7 Å². The molecular formula is C6H11NaO5S. The molecular weight excluding hydrogens is 207 g/mol. The largest absolute Gasteiger partial charge is 1.00 e. The van der Waals surface area contributed by atoms with E-state index in [9.17, 15) is 13.0 Å². The van der Waals surface area contributed by atoms with Gasteiger partial charge in [-0.15, -0.1) is 0 Å². The van der Waals surface area contributed by atoms with Gasteiger partial charge in [-0.2, -0.15) is 0 Å². The minimum Gasteiger partial charge on any atom is -0.744 e. The zero-order valence-corrected chi connectivity index (χ0v) is 10.4. The number of hydrogen-bond acceptors (Lipinski definition) is 5. The molecule has 2 N–H and O–H groups in total. The summed E-state index contributed by atoms with van der Waals surface area (Å²) >= 11 is 0. The van der Waals surface area contributed by atoms with Gasteiger partial charge in [0.2, 0.25) is 0 Å². The van der Waals surface area contributed by atoms with Crippen LogP contribution in [0.5, 0.6) is 0 Å². The van der Waals surface area contributed by atoms with Crippen LogP contribution in [0.1, 0.15) is 13.3 Å². The van der Waals surface area contributed by atoms with Crippen molar-refractivity contribution >= 4 is 10.1 Å². The van der Waals surface area contributed by atoms with Crippen LogP contribution in [0.2, 0.25) is 0 Å². The number of aliphatic hydroxyl groups is 2. The first-order valence-electron chi connectivity index (χ1n) is 3.38. The maximum absolute atomic E-state index is 10.4. The molecule has 1 unspecified atom stereocenters. The maximum Gasteiger partial charge on any atom is 1.00 e. The Hall–Kier alpha value is 0.570.